The Balaban J connectivity index is 1.63. The molecule has 2 aliphatic rings. The van der Waals surface area contributed by atoms with Crippen molar-refractivity contribution in [2.24, 2.45) is 5.92 Å². The average molecular weight is 418 g/mol. The summed E-state index contributed by atoms with van der Waals surface area (Å²) in [6.45, 7) is 7.12. The lowest BCUT2D eigenvalue weighted by atomic mass is 9.99. The third-order valence-electron chi connectivity index (χ3n) is 6.24. The third kappa shape index (κ3) is 4.98. The van der Waals surface area contributed by atoms with Gasteiger partial charge in [-0.2, -0.15) is 0 Å². The maximum atomic E-state index is 6.11. The van der Waals surface area contributed by atoms with Crippen molar-refractivity contribution in [1.82, 2.24) is 25.1 Å². The van der Waals surface area contributed by atoms with Crippen molar-refractivity contribution in [3.05, 3.63) is 40.7 Å². The normalized spacial score (nSPS) is 21.5. The molecular weight excluding hydrogens is 386 g/mol. The van der Waals surface area contributed by atoms with Crippen LogP contribution in [0.1, 0.15) is 75.8 Å². The second kappa shape index (κ2) is 9.54. The van der Waals surface area contributed by atoms with Gasteiger partial charge >= 0.3 is 0 Å². The van der Waals surface area contributed by atoms with Crippen LogP contribution in [-0.2, 0) is 11.3 Å². The highest BCUT2D eigenvalue weighted by molar-refractivity contribution is 6.30. The molecule has 2 fully saturated rings. The molecule has 2 heterocycles. The van der Waals surface area contributed by atoms with E-state index in [1.54, 1.807) is 0 Å². The number of ether oxygens (including phenoxy) is 1. The average Bonchev–Trinajstić information content (AvgIpc) is 3.45. The van der Waals surface area contributed by atoms with E-state index in [4.69, 9.17) is 16.3 Å². The van der Waals surface area contributed by atoms with Gasteiger partial charge in [0.15, 0.2) is 5.82 Å². The van der Waals surface area contributed by atoms with Crippen LogP contribution in [-0.4, -0.2) is 44.4 Å². The van der Waals surface area contributed by atoms with Gasteiger partial charge in [0, 0.05) is 24.7 Å². The van der Waals surface area contributed by atoms with Gasteiger partial charge in [0.1, 0.15) is 0 Å². The van der Waals surface area contributed by atoms with Crippen molar-refractivity contribution < 1.29 is 4.74 Å². The molecule has 0 N–H and O–H groups in total. The van der Waals surface area contributed by atoms with Crippen LogP contribution in [0.4, 0.5) is 0 Å². The topological polar surface area (TPSA) is 56.1 Å². The molecule has 6 nitrogen and oxygen atoms in total. The molecule has 4 rings (SSSR count). The molecule has 1 aromatic carbocycles. The summed E-state index contributed by atoms with van der Waals surface area (Å²) in [6.07, 6.45) is 7.42. The van der Waals surface area contributed by atoms with Crippen LogP contribution >= 0.6 is 11.6 Å². The summed E-state index contributed by atoms with van der Waals surface area (Å²) in [6, 6.07) is 8.74. The van der Waals surface area contributed by atoms with E-state index in [2.05, 4.69) is 51.1 Å². The number of hydrogen-bond acceptors (Lipinski definition) is 5. The molecule has 1 aliphatic carbocycles. The minimum Gasteiger partial charge on any atom is -0.377 e. The van der Waals surface area contributed by atoms with E-state index in [1.165, 1.54) is 31.2 Å². The Kier molecular flexibility index (Phi) is 6.83. The van der Waals surface area contributed by atoms with Crippen LogP contribution in [0.5, 0.6) is 0 Å². The first-order valence-corrected chi connectivity index (χ1v) is 11.4. The van der Waals surface area contributed by atoms with Gasteiger partial charge in [-0.25, -0.2) is 4.68 Å². The number of aromatic nitrogens is 4. The monoisotopic (exact) mass is 417 g/mol. The van der Waals surface area contributed by atoms with Crippen molar-refractivity contribution in [1.29, 1.82) is 0 Å². The highest BCUT2D eigenvalue weighted by atomic mass is 35.5. The molecule has 0 spiro atoms. The quantitative estimate of drug-likeness (QED) is 0.616. The van der Waals surface area contributed by atoms with E-state index >= 15 is 0 Å². The van der Waals surface area contributed by atoms with Gasteiger partial charge in [0.2, 0.25) is 0 Å². The largest absolute Gasteiger partial charge is 0.377 e. The minimum absolute atomic E-state index is 0.144. The van der Waals surface area contributed by atoms with Crippen molar-refractivity contribution in [3.63, 3.8) is 0 Å². The second-order valence-electron chi connectivity index (χ2n) is 8.80. The van der Waals surface area contributed by atoms with E-state index in [0.717, 1.165) is 43.4 Å². The molecule has 2 atom stereocenters. The SMILES string of the molecule is CC(C)[C@H](c1nnnn1C1CCCC1)N(Cc1ccc(Cl)cc1)C[C@@H]1CCCO1. The van der Waals surface area contributed by atoms with Crippen molar-refractivity contribution in [2.75, 3.05) is 13.2 Å². The zero-order valence-electron chi connectivity index (χ0n) is 17.5. The van der Waals surface area contributed by atoms with Gasteiger partial charge in [-0.15, -0.1) is 5.10 Å². The van der Waals surface area contributed by atoms with Crippen LogP contribution in [0.15, 0.2) is 24.3 Å². The van der Waals surface area contributed by atoms with Gasteiger partial charge in [-0.1, -0.05) is 50.4 Å². The molecule has 2 aromatic rings. The summed E-state index contributed by atoms with van der Waals surface area (Å²) in [5.74, 6) is 1.38. The minimum atomic E-state index is 0.144. The summed E-state index contributed by atoms with van der Waals surface area (Å²) in [7, 11) is 0. The summed E-state index contributed by atoms with van der Waals surface area (Å²) in [5.41, 5.74) is 1.25. The van der Waals surface area contributed by atoms with Gasteiger partial charge in [-0.05, 0) is 59.7 Å². The number of rotatable bonds is 8. The van der Waals surface area contributed by atoms with Crippen LogP contribution in [0, 0.1) is 5.92 Å². The van der Waals surface area contributed by atoms with Crippen LogP contribution in [0.3, 0.4) is 0 Å². The first kappa shape index (κ1) is 20.8. The Bertz CT molecular complexity index is 766. The Morgan fingerprint density at radius 2 is 1.90 bits per heavy atom. The van der Waals surface area contributed by atoms with Gasteiger partial charge in [-0.3, -0.25) is 4.90 Å². The summed E-state index contributed by atoms with van der Waals surface area (Å²) < 4.78 is 8.11. The molecule has 1 aromatic heterocycles. The highest BCUT2D eigenvalue weighted by Crippen LogP contribution is 2.35. The van der Waals surface area contributed by atoms with Crippen LogP contribution < -0.4 is 0 Å². The zero-order valence-corrected chi connectivity index (χ0v) is 18.3. The molecule has 7 heteroatoms. The molecule has 1 aliphatic heterocycles. The molecular formula is C22H32ClN5O. The van der Waals surface area contributed by atoms with Crippen LogP contribution in [0.2, 0.25) is 5.02 Å². The number of hydrogen-bond donors (Lipinski definition) is 0. The fourth-order valence-electron chi connectivity index (χ4n) is 4.84. The van der Waals surface area contributed by atoms with Crippen molar-refractivity contribution >= 4 is 11.6 Å². The Labute approximate surface area is 178 Å². The Hall–Kier alpha value is -1.50. The summed E-state index contributed by atoms with van der Waals surface area (Å²) in [5, 5.41) is 13.8. The fourth-order valence-corrected chi connectivity index (χ4v) is 4.96. The van der Waals surface area contributed by atoms with Gasteiger partial charge in [0.25, 0.3) is 0 Å². The second-order valence-corrected chi connectivity index (χ2v) is 9.24. The maximum Gasteiger partial charge on any atom is 0.168 e. The van der Waals surface area contributed by atoms with E-state index in [0.29, 0.717) is 12.0 Å². The number of halogens is 1. The Morgan fingerprint density at radius 3 is 2.55 bits per heavy atom. The molecule has 0 unspecified atom stereocenters. The molecule has 1 saturated heterocycles. The van der Waals surface area contributed by atoms with E-state index in [1.807, 2.05) is 12.1 Å². The van der Waals surface area contributed by atoms with E-state index < -0.39 is 0 Å². The van der Waals surface area contributed by atoms with Crippen LogP contribution in [0.25, 0.3) is 0 Å². The number of tetrazole rings is 1. The van der Waals surface area contributed by atoms with Crippen molar-refractivity contribution in [3.8, 4) is 0 Å². The number of benzene rings is 1. The highest BCUT2D eigenvalue weighted by Gasteiger charge is 2.34. The summed E-state index contributed by atoms with van der Waals surface area (Å²) >= 11 is 6.11. The zero-order chi connectivity index (χ0) is 20.2. The summed E-state index contributed by atoms with van der Waals surface area (Å²) in [4.78, 5) is 2.51. The molecule has 0 bridgehead atoms. The first-order chi connectivity index (χ1) is 14.1. The molecule has 1 saturated carbocycles. The lowest BCUT2D eigenvalue weighted by molar-refractivity contribution is 0.0381. The standard InChI is InChI=1S/C22H32ClN5O/c1-16(2)21(22-24-25-26-28(22)19-6-3-4-7-19)27(15-20-8-5-13-29-20)14-17-9-11-18(23)12-10-17/h9-12,16,19-21H,3-8,13-15H2,1-2H3/t20-,21+/m0/s1. The molecule has 0 amide bonds. The lowest BCUT2D eigenvalue weighted by Crippen LogP contribution is -2.39. The third-order valence-corrected chi connectivity index (χ3v) is 6.49. The number of nitrogens with zero attached hydrogens (tertiary/aromatic N) is 5. The Morgan fingerprint density at radius 1 is 1.14 bits per heavy atom. The fraction of sp³-hybridized carbons (Fsp3) is 0.682. The smallest absolute Gasteiger partial charge is 0.168 e. The maximum absolute atomic E-state index is 6.11. The predicted octanol–water partition coefficient (Wildman–Crippen LogP) is 4.82. The molecule has 0 radical (unpaired) electrons. The van der Waals surface area contributed by atoms with Gasteiger partial charge in [0.05, 0.1) is 18.2 Å². The lowest BCUT2D eigenvalue weighted by Gasteiger charge is -2.35. The van der Waals surface area contributed by atoms with Crippen molar-refractivity contribution in [2.45, 2.75) is 77.1 Å². The molecule has 158 valence electrons. The predicted molar refractivity (Wildman–Crippen MR) is 114 cm³/mol. The van der Waals surface area contributed by atoms with E-state index in [-0.39, 0.29) is 12.1 Å². The first-order valence-electron chi connectivity index (χ1n) is 11.0. The van der Waals surface area contributed by atoms with Gasteiger partial charge < -0.3 is 4.74 Å². The molecule has 29 heavy (non-hydrogen) atoms. The van der Waals surface area contributed by atoms with E-state index in [9.17, 15) is 0 Å².